The maximum atomic E-state index is 14.2. The van der Waals surface area contributed by atoms with Gasteiger partial charge in [-0.25, -0.2) is 4.79 Å². The third kappa shape index (κ3) is 4.95. The van der Waals surface area contributed by atoms with Crippen molar-refractivity contribution < 1.29 is 18.3 Å². The van der Waals surface area contributed by atoms with Crippen LogP contribution in [-0.2, 0) is 19.8 Å². The summed E-state index contributed by atoms with van der Waals surface area (Å²) in [6.07, 6.45) is 1.45. The molecule has 2 aliphatic rings. The molecule has 1 aromatic carbocycles. The van der Waals surface area contributed by atoms with Gasteiger partial charge >= 0.3 is 11.9 Å². The van der Waals surface area contributed by atoms with E-state index in [9.17, 15) is 23.1 Å². The van der Waals surface area contributed by atoms with Gasteiger partial charge in [-0.1, -0.05) is 19.1 Å². The molecule has 0 amide bonds. The summed E-state index contributed by atoms with van der Waals surface area (Å²) in [7, 11) is 1.83. The second-order valence-electron chi connectivity index (χ2n) is 11.2. The average Bonchev–Trinajstić information content (AvgIpc) is 3.45. The zero-order valence-electron chi connectivity index (χ0n) is 22.4. The van der Waals surface area contributed by atoms with Gasteiger partial charge in [0.05, 0.1) is 28.9 Å². The fourth-order valence-corrected chi connectivity index (χ4v) is 6.04. The highest BCUT2D eigenvalue weighted by atomic mass is 19.4. The monoisotopic (exact) mass is 555 g/mol. The lowest BCUT2D eigenvalue weighted by Crippen LogP contribution is -2.52. The maximum absolute atomic E-state index is 14.2. The van der Waals surface area contributed by atoms with Crippen molar-refractivity contribution >= 4 is 5.52 Å². The predicted molar refractivity (Wildman–Crippen MR) is 142 cm³/mol. The Labute approximate surface area is 229 Å². The van der Waals surface area contributed by atoms with Crippen LogP contribution in [0.3, 0.4) is 0 Å². The van der Waals surface area contributed by atoms with E-state index < -0.39 is 23.5 Å². The van der Waals surface area contributed by atoms with Crippen molar-refractivity contribution in [1.29, 1.82) is 0 Å². The number of imidazole rings is 1. The molecule has 0 bridgehead atoms. The second-order valence-corrected chi connectivity index (χ2v) is 11.2. The highest BCUT2D eigenvalue weighted by Crippen LogP contribution is 2.35. The van der Waals surface area contributed by atoms with Crippen molar-refractivity contribution in [1.82, 2.24) is 33.5 Å². The predicted octanol–water partition coefficient (Wildman–Crippen LogP) is 3.24. The summed E-state index contributed by atoms with van der Waals surface area (Å²) in [5.41, 5.74) is 0.114. The molecule has 40 heavy (non-hydrogen) atoms. The number of halogens is 3. The number of benzene rings is 1. The summed E-state index contributed by atoms with van der Waals surface area (Å²) in [5.74, 6) is 1.15. The Morgan fingerprint density at radius 3 is 2.62 bits per heavy atom. The Morgan fingerprint density at radius 2 is 1.95 bits per heavy atom. The van der Waals surface area contributed by atoms with Crippen LogP contribution in [-0.4, -0.2) is 70.9 Å². The molecule has 9 nitrogen and oxygen atoms in total. The third-order valence-electron chi connectivity index (χ3n) is 7.99. The number of aliphatic hydroxyl groups is 1. The maximum Gasteiger partial charge on any atom is 0.418 e. The molecule has 6 rings (SSSR count). The van der Waals surface area contributed by atoms with Crippen molar-refractivity contribution in [2.24, 2.45) is 13.0 Å². The number of β-amino-alcohol motifs (C(OH)–C–C–N with tert-alkyl or cyclic N) is 1. The van der Waals surface area contributed by atoms with Gasteiger partial charge in [0.15, 0.2) is 5.82 Å². The van der Waals surface area contributed by atoms with Crippen molar-refractivity contribution in [3.63, 3.8) is 0 Å². The number of rotatable bonds is 6. The number of aliphatic hydroxyl groups excluding tert-OH is 1. The van der Waals surface area contributed by atoms with Gasteiger partial charge < -0.3 is 9.67 Å². The van der Waals surface area contributed by atoms with Crippen LogP contribution in [0.4, 0.5) is 13.2 Å². The molecule has 0 saturated carbocycles. The van der Waals surface area contributed by atoms with Gasteiger partial charge in [0, 0.05) is 45.6 Å². The first-order chi connectivity index (χ1) is 19.1. The lowest BCUT2D eigenvalue weighted by Gasteiger charge is -2.41. The van der Waals surface area contributed by atoms with Gasteiger partial charge in [0.25, 0.3) is 0 Å². The molecule has 2 atom stereocenters. The molecule has 2 saturated heterocycles. The van der Waals surface area contributed by atoms with Crippen LogP contribution in [0, 0.1) is 5.92 Å². The van der Waals surface area contributed by atoms with Crippen molar-refractivity contribution in [3.8, 4) is 5.69 Å². The number of hydrogen-bond acceptors (Lipinski definition) is 6. The first-order valence-electron chi connectivity index (χ1n) is 13.5. The lowest BCUT2D eigenvalue weighted by molar-refractivity contribution is -0.136. The summed E-state index contributed by atoms with van der Waals surface area (Å²) < 4.78 is 46.9. The Kier molecular flexibility index (Phi) is 6.79. The molecule has 1 N–H and O–H groups in total. The van der Waals surface area contributed by atoms with Crippen LogP contribution in [0.5, 0.6) is 0 Å². The SMILES string of the molecule is C[C@H]1CCCN(Cc2cc(C(F)(F)F)c3cn(-c4cccc(C(c5nncn5C)N5CC(O)C5)c4)c(=O)n3c2)C1. The minimum absolute atomic E-state index is 0.186. The molecule has 4 aromatic rings. The van der Waals surface area contributed by atoms with Crippen LogP contribution < -0.4 is 5.69 Å². The molecule has 1 unspecified atom stereocenters. The topological polar surface area (TPSA) is 83.8 Å². The Bertz CT molecular complexity index is 1580. The molecule has 2 aliphatic heterocycles. The molecule has 12 heteroatoms. The summed E-state index contributed by atoms with van der Waals surface area (Å²) in [6.45, 7) is 5.05. The van der Waals surface area contributed by atoms with Crippen LogP contribution >= 0.6 is 0 Å². The number of likely N-dealkylation sites (tertiary alicyclic amines) is 2. The van der Waals surface area contributed by atoms with Crippen molar-refractivity contribution in [2.75, 3.05) is 26.2 Å². The van der Waals surface area contributed by atoms with E-state index in [2.05, 4.69) is 22.0 Å². The minimum Gasteiger partial charge on any atom is -0.390 e. The summed E-state index contributed by atoms with van der Waals surface area (Å²) in [5, 5.41) is 18.2. The number of aromatic nitrogens is 5. The summed E-state index contributed by atoms with van der Waals surface area (Å²) in [6, 6.07) is 7.97. The summed E-state index contributed by atoms with van der Waals surface area (Å²) in [4.78, 5) is 17.8. The molecule has 3 aromatic heterocycles. The number of pyridine rings is 1. The molecule has 0 radical (unpaired) electrons. The zero-order valence-corrected chi connectivity index (χ0v) is 22.4. The molecule has 0 aliphatic carbocycles. The van der Waals surface area contributed by atoms with E-state index in [-0.39, 0.29) is 11.6 Å². The molecule has 2 fully saturated rings. The fourth-order valence-electron chi connectivity index (χ4n) is 6.04. The van der Waals surface area contributed by atoms with Gasteiger partial charge in [0.1, 0.15) is 6.33 Å². The molecule has 212 valence electrons. The largest absolute Gasteiger partial charge is 0.418 e. The Hall–Kier alpha value is -3.48. The lowest BCUT2D eigenvalue weighted by atomic mass is 9.99. The third-order valence-corrected chi connectivity index (χ3v) is 7.99. The highest BCUT2D eigenvalue weighted by molar-refractivity contribution is 5.58. The van der Waals surface area contributed by atoms with Gasteiger partial charge in [-0.2, -0.15) is 13.2 Å². The van der Waals surface area contributed by atoms with Gasteiger partial charge in [0.2, 0.25) is 0 Å². The minimum atomic E-state index is -4.62. The van der Waals surface area contributed by atoms with E-state index >= 15 is 0 Å². The Morgan fingerprint density at radius 1 is 1.15 bits per heavy atom. The number of nitrogens with zero attached hydrogens (tertiary/aromatic N) is 7. The first kappa shape index (κ1) is 26.7. The van der Waals surface area contributed by atoms with E-state index in [1.807, 2.05) is 18.0 Å². The van der Waals surface area contributed by atoms with Crippen LogP contribution in [0.15, 0.2) is 53.8 Å². The van der Waals surface area contributed by atoms with Gasteiger partial charge in [-0.15, -0.1) is 10.2 Å². The number of alkyl halides is 3. The molecule has 5 heterocycles. The smallest absolute Gasteiger partial charge is 0.390 e. The number of aryl methyl sites for hydroxylation is 1. The van der Waals surface area contributed by atoms with Crippen LogP contribution in [0.25, 0.3) is 11.2 Å². The zero-order chi connectivity index (χ0) is 28.2. The second kappa shape index (κ2) is 10.2. The van der Waals surface area contributed by atoms with Crippen molar-refractivity contribution in [2.45, 2.75) is 44.6 Å². The van der Waals surface area contributed by atoms with Crippen molar-refractivity contribution in [3.05, 3.63) is 82.1 Å². The molecular weight excluding hydrogens is 523 g/mol. The number of hydrogen-bond donors (Lipinski definition) is 1. The van der Waals surface area contributed by atoms with Crippen LogP contribution in [0.1, 0.15) is 48.3 Å². The van der Waals surface area contributed by atoms with E-state index in [1.165, 1.54) is 23.0 Å². The van der Waals surface area contributed by atoms with Gasteiger partial charge in [-0.3, -0.25) is 18.8 Å². The standard InChI is InChI=1S/C28H32F3N7O2/c1-18-5-4-8-35(11-18)12-19-9-23(28(29,30)31)24-16-37(27(40)38(24)13-19)21-7-3-6-20(10-21)25(36-14-22(39)15-36)26-33-32-17-34(26)2/h3,6-7,9-10,13,16-18,22,25,39H,4-5,8,11-12,14-15H2,1-2H3/t18-,25?/m0/s1. The average molecular weight is 556 g/mol. The van der Waals surface area contributed by atoms with E-state index in [4.69, 9.17) is 0 Å². The van der Waals surface area contributed by atoms with Gasteiger partial charge in [-0.05, 0) is 54.6 Å². The Balaban J connectivity index is 1.42. The molecule has 0 spiro atoms. The first-order valence-corrected chi connectivity index (χ1v) is 13.5. The van der Waals surface area contributed by atoms with E-state index in [1.54, 1.807) is 29.1 Å². The molecular formula is C28H32F3N7O2. The summed E-state index contributed by atoms with van der Waals surface area (Å²) >= 11 is 0. The van der Waals surface area contributed by atoms with E-state index in [0.29, 0.717) is 42.6 Å². The highest BCUT2D eigenvalue weighted by Gasteiger charge is 2.36. The van der Waals surface area contributed by atoms with E-state index in [0.717, 1.165) is 35.9 Å². The fraction of sp³-hybridized carbons (Fsp3) is 0.464. The number of piperidine rings is 1. The quantitative estimate of drug-likeness (QED) is 0.394. The van der Waals surface area contributed by atoms with Crippen LogP contribution in [0.2, 0.25) is 0 Å². The number of fused-ring (bicyclic) bond motifs is 1. The normalized spacial score (nSPS) is 20.2.